The van der Waals surface area contributed by atoms with E-state index in [2.05, 4.69) is 184 Å². The highest BCUT2D eigenvalue weighted by Crippen LogP contribution is 2.38. The largest absolute Gasteiger partial charge is 0.756 e. The number of phosphoric acid groups is 1. The normalized spacial score (nSPS) is 14.6. The maximum Gasteiger partial charge on any atom is 0.306 e. The summed E-state index contributed by atoms with van der Waals surface area (Å²) >= 11 is 0. The maximum absolute atomic E-state index is 12.8. The van der Waals surface area contributed by atoms with Crippen LogP contribution in [0, 0.1) is 0 Å². The van der Waals surface area contributed by atoms with E-state index in [0.29, 0.717) is 23.9 Å². The highest BCUT2D eigenvalue weighted by molar-refractivity contribution is 7.45. The van der Waals surface area contributed by atoms with E-state index in [1.54, 1.807) is 0 Å². The Morgan fingerprint density at radius 3 is 1.08 bits per heavy atom. The zero-order valence-corrected chi connectivity index (χ0v) is 50.2. The van der Waals surface area contributed by atoms with Gasteiger partial charge in [0.15, 0.2) is 6.10 Å². The van der Waals surface area contributed by atoms with E-state index < -0.39 is 32.5 Å². The number of quaternary nitrogens is 1. The predicted molar refractivity (Wildman–Crippen MR) is 332 cm³/mol. The van der Waals surface area contributed by atoms with Gasteiger partial charge in [-0.3, -0.25) is 14.2 Å². The fraction of sp³-hybridized carbons (Fsp3) is 0.529. The van der Waals surface area contributed by atoms with Gasteiger partial charge in [0, 0.05) is 12.8 Å². The number of carbonyl (C=O) groups is 2. The van der Waals surface area contributed by atoms with Crippen molar-refractivity contribution in [2.75, 3.05) is 47.5 Å². The second-order valence-electron chi connectivity index (χ2n) is 19.9. The van der Waals surface area contributed by atoms with Crippen LogP contribution < -0.4 is 4.89 Å². The molecule has 0 aromatic heterocycles. The number of carbonyl (C=O) groups excluding carboxylic acids is 2. The molecule has 0 saturated carbocycles. The molecular formula is C68H106NO8P. The van der Waals surface area contributed by atoms with Crippen molar-refractivity contribution in [3.8, 4) is 0 Å². The van der Waals surface area contributed by atoms with E-state index in [4.69, 9.17) is 18.5 Å². The van der Waals surface area contributed by atoms with Crippen LogP contribution in [0.4, 0.5) is 0 Å². The van der Waals surface area contributed by atoms with Crippen molar-refractivity contribution in [3.05, 3.63) is 182 Å². The van der Waals surface area contributed by atoms with Crippen LogP contribution in [-0.2, 0) is 32.7 Å². The fourth-order valence-electron chi connectivity index (χ4n) is 6.97. The molecule has 0 amide bonds. The van der Waals surface area contributed by atoms with Gasteiger partial charge >= 0.3 is 11.9 Å². The third kappa shape index (κ3) is 60.3. The average molecular weight is 1100 g/mol. The lowest BCUT2D eigenvalue weighted by molar-refractivity contribution is -0.870. The molecule has 0 aromatic rings. The second kappa shape index (κ2) is 56.8. The molecule has 10 heteroatoms. The molecule has 0 N–H and O–H groups in total. The summed E-state index contributed by atoms with van der Waals surface area (Å²) in [5, 5.41) is 0. The number of phosphoric ester groups is 1. The van der Waals surface area contributed by atoms with Gasteiger partial charge in [-0.25, -0.2) is 0 Å². The van der Waals surface area contributed by atoms with Crippen LogP contribution in [-0.4, -0.2) is 70.0 Å². The number of hydrogen-bond acceptors (Lipinski definition) is 8. The van der Waals surface area contributed by atoms with Crippen molar-refractivity contribution in [1.82, 2.24) is 0 Å². The van der Waals surface area contributed by atoms with Gasteiger partial charge in [-0.2, -0.15) is 0 Å². The molecule has 0 aliphatic rings. The van der Waals surface area contributed by atoms with Crippen molar-refractivity contribution >= 4 is 19.8 Å². The Hall–Kier alpha value is -4.89. The number of nitrogens with zero attached hydrogens (tertiary/aromatic N) is 1. The minimum atomic E-state index is -4.67. The Morgan fingerprint density at radius 2 is 0.718 bits per heavy atom. The minimum absolute atomic E-state index is 0.0556. The third-order valence-corrected chi connectivity index (χ3v) is 12.4. The Morgan fingerprint density at radius 1 is 0.397 bits per heavy atom. The summed E-state index contributed by atoms with van der Waals surface area (Å²) in [6.07, 6.45) is 88.1. The molecule has 0 spiro atoms. The molecule has 0 rings (SSSR count). The molecule has 78 heavy (non-hydrogen) atoms. The van der Waals surface area contributed by atoms with Crippen LogP contribution in [0.5, 0.6) is 0 Å². The zero-order chi connectivity index (χ0) is 57.0. The molecule has 436 valence electrons. The van der Waals surface area contributed by atoms with E-state index in [-0.39, 0.29) is 26.1 Å². The second-order valence-corrected chi connectivity index (χ2v) is 21.3. The third-order valence-electron chi connectivity index (χ3n) is 11.4. The molecule has 2 unspecified atom stereocenters. The summed E-state index contributed by atoms with van der Waals surface area (Å²) in [4.78, 5) is 37.8. The first kappa shape index (κ1) is 73.1. The number of hydrogen-bond donors (Lipinski definition) is 0. The lowest BCUT2D eigenvalue weighted by Gasteiger charge is -2.28. The van der Waals surface area contributed by atoms with Gasteiger partial charge < -0.3 is 27.9 Å². The van der Waals surface area contributed by atoms with Gasteiger partial charge in [0.05, 0.1) is 27.7 Å². The van der Waals surface area contributed by atoms with E-state index >= 15 is 0 Å². The first-order valence-corrected chi connectivity index (χ1v) is 31.0. The Labute approximate surface area is 476 Å². The van der Waals surface area contributed by atoms with E-state index in [0.717, 1.165) is 135 Å². The van der Waals surface area contributed by atoms with Crippen LogP contribution in [0.2, 0.25) is 0 Å². The number of unbranched alkanes of at least 4 members (excludes halogenated alkanes) is 7. The van der Waals surface area contributed by atoms with Crippen molar-refractivity contribution in [3.63, 3.8) is 0 Å². The van der Waals surface area contributed by atoms with E-state index in [9.17, 15) is 19.0 Å². The van der Waals surface area contributed by atoms with Crippen LogP contribution in [0.3, 0.4) is 0 Å². The Bertz CT molecular complexity index is 1970. The number of ether oxygens (including phenoxy) is 2. The summed E-state index contributed by atoms with van der Waals surface area (Å²) < 4.78 is 34.0. The van der Waals surface area contributed by atoms with Gasteiger partial charge in [0.2, 0.25) is 0 Å². The zero-order valence-electron chi connectivity index (χ0n) is 49.3. The van der Waals surface area contributed by atoms with E-state index in [1.165, 1.54) is 6.42 Å². The Kier molecular flexibility index (Phi) is 53.3. The molecule has 0 aliphatic carbocycles. The summed E-state index contributed by atoms with van der Waals surface area (Å²) in [5.74, 6) is -0.962. The molecule has 9 nitrogen and oxygen atoms in total. The molecule has 0 heterocycles. The monoisotopic (exact) mass is 1100 g/mol. The first-order valence-electron chi connectivity index (χ1n) is 29.5. The first-order chi connectivity index (χ1) is 38.0. The maximum atomic E-state index is 12.8. The SMILES string of the molecule is CC/C=C\C/C=C\C/C=C\C/C=C\C/C=C\C/C=C\C/C=C\C/C=C\C/C=C\CCCCCCCCCC(=O)OC(COC(=O)CC/C=C\C/C=C\C/C=C\C/C=C\C/C=C\C/C=C\CC)COP(=O)([O-])OCC[N+](C)(C)C. The molecule has 0 saturated heterocycles. The van der Waals surface area contributed by atoms with Crippen LogP contribution in [0.25, 0.3) is 0 Å². The van der Waals surface area contributed by atoms with Crippen molar-refractivity contribution in [1.29, 1.82) is 0 Å². The lowest BCUT2D eigenvalue weighted by Crippen LogP contribution is -2.37. The molecule has 0 bridgehead atoms. The van der Waals surface area contributed by atoms with Crippen molar-refractivity contribution in [2.24, 2.45) is 0 Å². The Balaban J connectivity index is 4.30. The predicted octanol–water partition coefficient (Wildman–Crippen LogP) is 18.2. The number of rotatable bonds is 51. The van der Waals surface area contributed by atoms with Crippen LogP contribution in [0.15, 0.2) is 182 Å². The highest BCUT2D eigenvalue weighted by atomic mass is 31.2. The molecule has 0 aliphatic heterocycles. The van der Waals surface area contributed by atoms with Crippen LogP contribution >= 0.6 is 7.82 Å². The van der Waals surface area contributed by atoms with Gasteiger partial charge in [-0.1, -0.05) is 228 Å². The van der Waals surface area contributed by atoms with Gasteiger partial charge in [-0.05, 0) is 122 Å². The van der Waals surface area contributed by atoms with Gasteiger partial charge in [-0.15, -0.1) is 0 Å². The summed E-state index contributed by atoms with van der Waals surface area (Å²) in [7, 11) is 1.09. The van der Waals surface area contributed by atoms with Gasteiger partial charge in [0.25, 0.3) is 7.82 Å². The molecule has 0 radical (unpaired) electrons. The standard InChI is InChI=1S/C68H106NO8P/c1-6-8-10-12-14-16-18-20-22-24-26-27-28-29-30-31-32-33-34-35-36-37-38-39-40-41-43-45-47-49-51-53-55-57-59-61-68(71)77-66(65-76-78(72,73)75-63-62-69(3,4)5)64-74-67(70)60-58-56-54-52-50-48-46-44-42-25-23-21-19-17-15-13-11-9-7-2/h8-11,14-17,20-23,26-27,29-30,32-33,35-36,38-39,41-44,48,50,54,56,66H,6-7,12-13,18-19,24-25,28,31,34,37,40,45-47,49,51-53,55,57-65H2,1-5H3/b10-8-,11-9-,16-14-,17-15-,22-20-,23-21-,27-26-,30-29-,33-32-,36-35-,39-38-,43-41-,44-42-,50-48-,56-54-. The van der Waals surface area contributed by atoms with Crippen LogP contribution in [0.1, 0.15) is 181 Å². The molecular weight excluding hydrogens is 990 g/mol. The summed E-state index contributed by atoms with van der Waals surface area (Å²) in [6.45, 7) is 3.87. The number of allylic oxidation sites excluding steroid dienone is 30. The number of esters is 2. The quantitative estimate of drug-likeness (QED) is 0.0195. The molecule has 2 atom stereocenters. The lowest BCUT2D eigenvalue weighted by atomic mass is 10.1. The average Bonchev–Trinajstić information content (AvgIpc) is 3.41. The fourth-order valence-corrected chi connectivity index (χ4v) is 7.69. The number of likely N-dealkylation sites (N-methyl/N-ethyl adjacent to an activating group) is 1. The minimum Gasteiger partial charge on any atom is -0.756 e. The van der Waals surface area contributed by atoms with Crippen molar-refractivity contribution < 1.29 is 42.1 Å². The summed E-state index contributed by atoms with van der Waals surface area (Å²) in [5.41, 5.74) is 0. The van der Waals surface area contributed by atoms with E-state index in [1.807, 2.05) is 33.3 Å². The van der Waals surface area contributed by atoms with Gasteiger partial charge in [0.1, 0.15) is 19.8 Å². The smallest absolute Gasteiger partial charge is 0.306 e. The highest BCUT2D eigenvalue weighted by Gasteiger charge is 2.21. The van der Waals surface area contributed by atoms with Crippen molar-refractivity contribution in [2.45, 2.75) is 187 Å². The molecule has 0 aromatic carbocycles. The summed E-state index contributed by atoms with van der Waals surface area (Å²) in [6, 6.07) is 0. The topological polar surface area (TPSA) is 111 Å². The molecule has 0 fully saturated rings.